The van der Waals surface area contributed by atoms with E-state index in [4.69, 9.17) is 18.9 Å². The molecule has 9 nitrogen and oxygen atoms in total. The number of carbonyl (C=O) groups excluding carboxylic acids is 2. The molecule has 2 aliphatic heterocycles. The second-order valence-electron chi connectivity index (χ2n) is 11.7. The first kappa shape index (κ1) is 34.2. The number of rotatable bonds is 10. The largest absolute Gasteiger partial charge is 0.457 e. The first-order chi connectivity index (χ1) is 18.7. The van der Waals surface area contributed by atoms with Crippen LogP contribution in [-0.4, -0.2) is 82.7 Å². The molecule has 0 radical (unpaired) electrons. The maximum absolute atomic E-state index is 12.6. The lowest BCUT2D eigenvalue weighted by atomic mass is 9.88. The summed E-state index contributed by atoms with van der Waals surface area (Å²) in [7, 11) is 1.69. The average Bonchev–Trinajstić information content (AvgIpc) is 3.68. The van der Waals surface area contributed by atoms with Gasteiger partial charge in [0.25, 0.3) is 0 Å². The molecule has 2 rings (SSSR count). The van der Waals surface area contributed by atoms with Gasteiger partial charge in [0, 0.05) is 31.8 Å². The van der Waals surface area contributed by atoms with Crippen LogP contribution < -0.4 is 0 Å². The molecule has 0 unspecified atom stereocenters. The second kappa shape index (κ2) is 15.3. The summed E-state index contributed by atoms with van der Waals surface area (Å²) in [6.45, 7) is 12.6. The topological polar surface area (TPSA) is 135 Å². The van der Waals surface area contributed by atoms with Crippen molar-refractivity contribution in [1.82, 2.24) is 0 Å². The molecular weight excluding hydrogens is 516 g/mol. The van der Waals surface area contributed by atoms with Crippen molar-refractivity contribution in [3.63, 3.8) is 0 Å². The summed E-state index contributed by atoms with van der Waals surface area (Å²) in [5, 5.41) is 32.2. The van der Waals surface area contributed by atoms with E-state index in [1.807, 2.05) is 39.0 Å². The molecule has 0 saturated carbocycles. The SMILES string of the molecule is CC[C@H](OC)[C@@H](C)[C@@H]1O[C@@H]1[C@H](O)[C@@H](C)/C=C/C=C(\C)[C@H]1OC(=O)C[C@H](O)CC[C@@](C)(O)[C@@H](OC(C)=O)/C=C/[C@@H]1C. The first-order valence-electron chi connectivity index (χ1n) is 14.4. The van der Waals surface area contributed by atoms with Gasteiger partial charge in [-0.3, -0.25) is 9.59 Å². The van der Waals surface area contributed by atoms with Gasteiger partial charge in [0.2, 0.25) is 0 Å². The van der Waals surface area contributed by atoms with Crippen molar-refractivity contribution >= 4 is 11.9 Å². The highest BCUT2D eigenvalue weighted by atomic mass is 16.6. The minimum atomic E-state index is -1.42. The first-order valence-corrected chi connectivity index (χ1v) is 14.4. The number of aliphatic hydroxyl groups is 3. The Balaban J connectivity index is 2.16. The van der Waals surface area contributed by atoms with Crippen LogP contribution in [0.2, 0.25) is 0 Å². The number of cyclic esters (lactones) is 1. The third-order valence-corrected chi connectivity index (χ3v) is 8.09. The number of esters is 2. The van der Waals surface area contributed by atoms with E-state index in [1.165, 1.54) is 6.92 Å². The van der Waals surface area contributed by atoms with E-state index in [2.05, 4.69) is 13.8 Å². The molecular formula is C31H50O9. The summed E-state index contributed by atoms with van der Waals surface area (Å²) in [4.78, 5) is 24.3. The number of allylic oxidation sites excluding steroid dienone is 2. The fraction of sp³-hybridized carbons (Fsp3) is 0.742. The molecule has 1 fully saturated rings. The Bertz CT molecular complexity index is 920. The van der Waals surface area contributed by atoms with Gasteiger partial charge in [-0.2, -0.15) is 0 Å². The van der Waals surface area contributed by atoms with Gasteiger partial charge >= 0.3 is 11.9 Å². The average molecular weight is 567 g/mol. The van der Waals surface area contributed by atoms with Gasteiger partial charge in [0.05, 0.1) is 30.8 Å². The summed E-state index contributed by atoms with van der Waals surface area (Å²) < 4.78 is 22.5. The number of ether oxygens (including phenoxy) is 4. The van der Waals surface area contributed by atoms with Crippen LogP contribution in [-0.2, 0) is 28.5 Å². The lowest BCUT2D eigenvalue weighted by Gasteiger charge is -2.32. The van der Waals surface area contributed by atoms with Gasteiger partial charge in [-0.15, -0.1) is 0 Å². The molecule has 1 saturated heterocycles. The maximum Gasteiger partial charge on any atom is 0.309 e. The molecule has 228 valence electrons. The van der Waals surface area contributed by atoms with Crippen LogP contribution in [0.5, 0.6) is 0 Å². The van der Waals surface area contributed by atoms with Gasteiger partial charge < -0.3 is 34.3 Å². The van der Waals surface area contributed by atoms with E-state index in [9.17, 15) is 24.9 Å². The lowest BCUT2D eigenvalue weighted by Crippen LogP contribution is -2.42. The van der Waals surface area contributed by atoms with Crippen molar-refractivity contribution in [2.75, 3.05) is 7.11 Å². The van der Waals surface area contributed by atoms with Crippen molar-refractivity contribution in [3.8, 4) is 0 Å². The van der Waals surface area contributed by atoms with Crippen molar-refractivity contribution in [3.05, 3.63) is 36.0 Å². The molecule has 0 aromatic rings. The number of hydrogen-bond donors (Lipinski definition) is 3. The molecule has 0 spiro atoms. The summed E-state index contributed by atoms with van der Waals surface area (Å²) in [6.07, 6.45) is 6.42. The van der Waals surface area contributed by atoms with E-state index in [1.54, 1.807) is 26.2 Å². The third-order valence-electron chi connectivity index (χ3n) is 8.09. The second-order valence-corrected chi connectivity index (χ2v) is 11.7. The molecule has 2 heterocycles. The van der Waals surface area contributed by atoms with Crippen LogP contribution in [0.25, 0.3) is 0 Å². The van der Waals surface area contributed by atoms with Gasteiger partial charge in [0.15, 0.2) is 0 Å². The molecule has 0 bridgehead atoms. The lowest BCUT2D eigenvalue weighted by molar-refractivity contribution is -0.157. The molecule has 9 heteroatoms. The van der Waals surface area contributed by atoms with Crippen molar-refractivity contribution in [1.29, 1.82) is 0 Å². The number of methoxy groups -OCH3 is 1. The molecule has 3 N–H and O–H groups in total. The predicted octanol–water partition coefficient (Wildman–Crippen LogP) is 3.65. The van der Waals surface area contributed by atoms with E-state index < -0.39 is 42.0 Å². The standard InChI is InChI=1S/C31H50O9/c1-9-24(37-8)21(5)29-30(40-29)27(35)18(2)11-10-12-19(3)28-20(4)13-14-25(38-22(6)32)31(7,36)16-15-23(33)17-26(34)39-28/h10-14,18,20-21,23-25,27-30,33,35-36H,9,15-17H2,1-8H3/b11-10+,14-13+,19-12+/t18-,20-,21+,23+,24-,25-,27+,28+,29-,30+,31+/m0/s1. The van der Waals surface area contributed by atoms with Crippen LogP contribution in [0.4, 0.5) is 0 Å². The molecule has 2 aliphatic rings. The van der Waals surface area contributed by atoms with Gasteiger partial charge in [0.1, 0.15) is 23.9 Å². The quantitative estimate of drug-likeness (QED) is 0.157. The number of aliphatic hydroxyl groups excluding tert-OH is 2. The smallest absolute Gasteiger partial charge is 0.309 e. The Morgan fingerprint density at radius 3 is 2.52 bits per heavy atom. The van der Waals surface area contributed by atoms with E-state index in [0.717, 1.165) is 12.0 Å². The molecule has 0 aromatic carbocycles. The Labute approximate surface area is 239 Å². The summed E-state index contributed by atoms with van der Waals surface area (Å²) in [5.74, 6) is -1.39. The van der Waals surface area contributed by atoms with Gasteiger partial charge in [-0.1, -0.05) is 52.0 Å². The Morgan fingerprint density at radius 1 is 1.25 bits per heavy atom. The zero-order chi connectivity index (χ0) is 30.2. The fourth-order valence-electron chi connectivity index (χ4n) is 5.32. The molecule has 11 atom stereocenters. The van der Waals surface area contributed by atoms with E-state index >= 15 is 0 Å². The highest BCUT2D eigenvalue weighted by molar-refractivity contribution is 5.70. The monoisotopic (exact) mass is 566 g/mol. The highest BCUT2D eigenvalue weighted by Gasteiger charge is 2.50. The Morgan fingerprint density at radius 2 is 1.93 bits per heavy atom. The summed E-state index contributed by atoms with van der Waals surface area (Å²) in [6, 6.07) is 0. The van der Waals surface area contributed by atoms with E-state index in [0.29, 0.717) is 0 Å². The number of hydrogen-bond acceptors (Lipinski definition) is 9. The normalized spacial score (nSPS) is 36.0. The van der Waals surface area contributed by atoms with Crippen molar-refractivity contribution < 1.29 is 43.9 Å². The number of carbonyl (C=O) groups is 2. The molecule has 40 heavy (non-hydrogen) atoms. The zero-order valence-corrected chi connectivity index (χ0v) is 25.3. The Hall–Kier alpha value is -2.04. The van der Waals surface area contributed by atoms with Crippen LogP contribution >= 0.6 is 0 Å². The summed E-state index contributed by atoms with van der Waals surface area (Å²) in [5.41, 5.74) is -0.666. The Kier molecular flexibility index (Phi) is 13.0. The van der Waals surface area contributed by atoms with Crippen LogP contribution in [0.1, 0.15) is 74.1 Å². The molecule has 0 aromatic heterocycles. The van der Waals surface area contributed by atoms with Gasteiger partial charge in [-0.25, -0.2) is 0 Å². The van der Waals surface area contributed by atoms with Crippen LogP contribution in [0, 0.1) is 17.8 Å². The predicted molar refractivity (Wildman–Crippen MR) is 151 cm³/mol. The third kappa shape index (κ3) is 9.80. The van der Waals surface area contributed by atoms with Crippen molar-refractivity contribution in [2.24, 2.45) is 17.8 Å². The minimum Gasteiger partial charge on any atom is -0.457 e. The van der Waals surface area contributed by atoms with Crippen LogP contribution in [0.3, 0.4) is 0 Å². The van der Waals surface area contributed by atoms with Crippen molar-refractivity contribution in [2.45, 2.75) is 122 Å². The molecule has 0 aliphatic carbocycles. The van der Waals surface area contributed by atoms with Crippen LogP contribution in [0.15, 0.2) is 36.0 Å². The van der Waals surface area contributed by atoms with Gasteiger partial charge in [-0.05, 0) is 44.8 Å². The summed E-state index contributed by atoms with van der Waals surface area (Å²) >= 11 is 0. The molecule has 0 amide bonds. The minimum absolute atomic E-state index is 0.0387. The maximum atomic E-state index is 12.6. The highest BCUT2D eigenvalue weighted by Crippen LogP contribution is 2.37. The number of epoxide rings is 1. The fourth-order valence-corrected chi connectivity index (χ4v) is 5.32. The zero-order valence-electron chi connectivity index (χ0n) is 25.3. The van der Waals surface area contributed by atoms with E-state index in [-0.39, 0.29) is 55.3 Å².